The van der Waals surface area contributed by atoms with Gasteiger partial charge in [0.2, 0.25) is 0 Å². The van der Waals surface area contributed by atoms with E-state index in [1.54, 1.807) is 42.5 Å². The minimum atomic E-state index is -0.514. The standard InChI is InChI=1S/C20H16FN3O3/c1-27-20(26)13-6-8-14(9-7-13)23-15-10-11-18(22-12-15)19(25)24-17-5-3-2-4-16(17)21/h2-12,23H,1H3,(H,24,25). The summed E-state index contributed by atoms with van der Waals surface area (Å²) in [6, 6.07) is 15.8. The molecule has 0 fully saturated rings. The van der Waals surface area contributed by atoms with Crippen LogP contribution in [0.4, 0.5) is 21.5 Å². The number of para-hydroxylation sites is 1. The van der Waals surface area contributed by atoms with Crippen molar-refractivity contribution in [1.29, 1.82) is 0 Å². The molecule has 0 aliphatic carbocycles. The first-order valence-corrected chi connectivity index (χ1v) is 8.04. The molecule has 1 heterocycles. The van der Waals surface area contributed by atoms with Gasteiger partial charge in [-0.3, -0.25) is 4.79 Å². The van der Waals surface area contributed by atoms with Crippen LogP contribution in [0.2, 0.25) is 0 Å². The Morgan fingerprint density at radius 3 is 2.30 bits per heavy atom. The quantitative estimate of drug-likeness (QED) is 0.668. The summed E-state index contributed by atoms with van der Waals surface area (Å²) in [5.41, 5.74) is 2.10. The Morgan fingerprint density at radius 1 is 0.963 bits per heavy atom. The molecule has 0 spiro atoms. The Morgan fingerprint density at radius 2 is 1.67 bits per heavy atom. The van der Waals surface area contributed by atoms with Gasteiger partial charge in [-0.1, -0.05) is 12.1 Å². The van der Waals surface area contributed by atoms with Crippen molar-refractivity contribution in [2.45, 2.75) is 0 Å². The molecular weight excluding hydrogens is 349 g/mol. The van der Waals surface area contributed by atoms with Crippen molar-refractivity contribution >= 4 is 28.9 Å². The van der Waals surface area contributed by atoms with Gasteiger partial charge in [-0.15, -0.1) is 0 Å². The van der Waals surface area contributed by atoms with E-state index in [1.165, 1.54) is 31.5 Å². The van der Waals surface area contributed by atoms with E-state index >= 15 is 0 Å². The zero-order valence-electron chi connectivity index (χ0n) is 14.4. The zero-order chi connectivity index (χ0) is 19.2. The van der Waals surface area contributed by atoms with Gasteiger partial charge in [-0.25, -0.2) is 14.2 Å². The number of halogens is 1. The van der Waals surface area contributed by atoms with E-state index in [4.69, 9.17) is 0 Å². The number of pyridine rings is 1. The number of carbonyl (C=O) groups excluding carboxylic acids is 2. The van der Waals surface area contributed by atoms with Crippen LogP contribution in [0.3, 0.4) is 0 Å². The second kappa shape index (κ2) is 8.09. The van der Waals surface area contributed by atoms with Gasteiger partial charge in [0.1, 0.15) is 11.5 Å². The van der Waals surface area contributed by atoms with Crippen LogP contribution < -0.4 is 10.6 Å². The Balaban J connectivity index is 1.65. The first kappa shape index (κ1) is 18.1. The maximum absolute atomic E-state index is 13.6. The molecule has 0 unspecified atom stereocenters. The molecule has 136 valence electrons. The number of aromatic nitrogens is 1. The van der Waals surface area contributed by atoms with Crippen LogP contribution in [0.5, 0.6) is 0 Å². The van der Waals surface area contributed by atoms with E-state index in [-0.39, 0.29) is 11.4 Å². The Labute approximate surface area is 155 Å². The van der Waals surface area contributed by atoms with E-state index in [1.807, 2.05) is 0 Å². The third kappa shape index (κ3) is 4.46. The summed E-state index contributed by atoms with van der Waals surface area (Å²) in [4.78, 5) is 27.7. The van der Waals surface area contributed by atoms with Crippen molar-refractivity contribution in [2.75, 3.05) is 17.7 Å². The van der Waals surface area contributed by atoms with Crippen LogP contribution in [0, 0.1) is 5.82 Å². The van der Waals surface area contributed by atoms with E-state index in [0.29, 0.717) is 11.3 Å². The summed E-state index contributed by atoms with van der Waals surface area (Å²) in [6.45, 7) is 0. The van der Waals surface area contributed by atoms with Crippen LogP contribution in [-0.2, 0) is 4.74 Å². The molecule has 0 bridgehead atoms. The van der Waals surface area contributed by atoms with Crippen molar-refractivity contribution in [2.24, 2.45) is 0 Å². The highest BCUT2D eigenvalue weighted by Crippen LogP contribution is 2.18. The van der Waals surface area contributed by atoms with E-state index in [9.17, 15) is 14.0 Å². The predicted octanol–water partition coefficient (Wildman–Crippen LogP) is 4.00. The van der Waals surface area contributed by atoms with Crippen LogP contribution in [-0.4, -0.2) is 24.0 Å². The van der Waals surface area contributed by atoms with Crippen molar-refractivity contribution in [1.82, 2.24) is 4.98 Å². The lowest BCUT2D eigenvalue weighted by molar-refractivity contribution is 0.0600. The van der Waals surface area contributed by atoms with Crippen LogP contribution in [0.1, 0.15) is 20.8 Å². The average Bonchev–Trinajstić information content (AvgIpc) is 2.70. The van der Waals surface area contributed by atoms with E-state index in [2.05, 4.69) is 20.4 Å². The number of anilines is 3. The topological polar surface area (TPSA) is 80.3 Å². The fraction of sp³-hybridized carbons (Fsp3) is 0.0500. The summed E-state index contributed by atoms with van der Waals surface area (Å²) in [6.07, 6.45) is 1.49. The lowest BCUT2D eigenvalue weighted by Crippen LogP contribution is -2.14. The summed E-state index contributed by atoms with van der Waals surface area (Å²) in [7, 11) is 1.32. The van der Waals surface area contributed by atoms with Gasteiger partial charge in [-0.05, 0) is 48.5 Å². The number of rotatable bonds is 5. The zero-order valence-corrected chi connectivity index (χ0v) is 14.4. The third-order valence-electron chi connectivity index (χ3n) is 3.71. The molecule has 0 atom stereocenters. The number of hydrogen-bond donors (Lipinski definition) is 2. The van der Waals surface area contributed by atoms with Gasteiger partial charge >= 0.3 is 5.97 Å². The number of esters is 1. The molecule has 2 N–H and O–H groups in total. The molecule has 7 heteroatoms. The Bertz CT molecular complexity index is 957. The summed E-state index contributed by atoms with van der Waals surface area (Å²) < 4.78 is 18.2. The third-order valence-corrected chi connectivity index (χ3v) is 3.71. The first-order valence-electron chi connectivity index (χ1n) is 8.04. The smallest absolute Gasteiger partial charge is 0.337 e. The maximum atomic E-state index is 13.6. The number of methoxy groups -OCH3 is 1. The summed E-state index contributed by atoms with van der Waals surface area (Å²) in [5.74, 6) is -1.43. The molecule has 0 aliphatic rings. The van der Waals surface area contributed by atoms with Gasteiger partial charge in [0, 0.05) is 5.69 Å². The number of ether oxygens (including phenoxy) is 1. The van der Waals surface area contributed by atoms with Crippen LogP contribution in [0.15, 0.2) is 66.9 Å². The number of benzene rings is 2. The first-order chi connectivity index (χ1) is 13.1. The van der Waals surface area contributed by atoms with Crippen molar-refractivity contribution < 1.29 is 18.7 Å². The monoisotopic (exact) mass is 365 g/mol. The van der Waals surface area contributed by atoms with Gasteiger partial charge < -0.3 is 15.4 Å². The van der Waals surface area contributed by atoms with Gasteiger partial charge in [0.25, 0.3) is 5.91 Å². The summed E-state index contributed by atoms with van der Waals surface area (Å²) >= 11 is 0. The molecule has 0 saturated carbocycles. The molecule has 0 aliphatic heterocycles. The minimum Gasteiger partial charge on any atom is -0.465 e. The number of nitrogens with one attached hydrogen (secondary N) is 2. The molecule has 6 nitrogen and oxygen atoms in total. The minimum absolute atomic E-state index is 0.0946. The van der Waals surface area contributed by atoms with E-state index < -0.39 is 17.7 Å². The SMILES string of the molecule is COC(=O)c1ccc(Nc2ccc(C(=O)Nc3ccccc3F)nc2)cc1. The predicted molar refractivity (Wildman–Crippen MR) is 99.7 cm³/mol. The lowest BCUT2D eigenvalue weighted by atomic mass is 10.2. The Hall–Kier alpha value is -3.74. The number of carbonyl (C=O) groups is 2. The molecule has 0 saturated heterocycles. The highest BCUT2D eigenvalue weighted by Gasteiger charge is 2.10. The largest absolute Gasteiger partial charge is 0.465 e. The second-order valence-electron chi connectivity index (χ2n) is 5.56. The van der Waals surface area contributed by atoms with Crippen LogP contribution >= 0.6 is 0 Å². The fourth-order valence-corrected chi connectivity index (χ4v) is 2.33. The molecule has 3 rings (SSSR count). The van der Waals surface area contributed by atoms with Crippen molar-refractivity contribution in [3.63, 3.8) is 0 Å². The van der Waals surface area contributed by atoms with Gasteiger partial charge in [-0.2, -0.15) is 0 Å². The normalized spacial score (nSPS) is 10.1. The molecule has 2 aromatic carbocycles. The van der Waals surface area contributed by atoms with E-state index in [0.717, 1.165) is 5.69 Å². The van der Waals surface area contributed by atoms with Gasteiger partial charge in [0.05, 0.1) is 30.2 Å². The molecule has 0 radical (unpaired) electrons. The fourth-order valence-electron chi connectivity index (χ4n) is 2.33. The highest BCUT2D eigenvalue weighted by atomic mass is 19.1. The van der Waals surface area contributed by atoms with Crippen molar-refractivity contribution in [3.8, 4) is 0 Å². The average molecular weight is 365 g/mol. The number of hydrogen-bond acceptors (Lipinski definition) is 5. The highest BCUT2D eigenvalue weighted by molar-refractivity contribution is 6.03. The Kier molecular flexibility index (Phi) is 5.41. The summed E-state index contributed by atoms with van der Waals surface area (Å²) in [5, 5.41) is 5.58. The molecule has 1 amide bonds. The lowest BCUT2D eigenvalue weighted by Gasteiger charge is -2.08. The van der Waals surface area contributed by atoms with Crippen LogP contribution in [0.25, 0.3) is 0 Å². The maximum Gasteiger partial charge on any atom is 0.337 e. The second-order valence-corrected chi connectivity index (χ2v) is 5.56. The molecule has 3 aromatic rings. The van der Waals surface area contributed by atoms with Crippen molar-refractivity contribution in [3.05, 3.63) is 83.9 Å². The van der Waals surface area contributed by atoms with Gasteiger partial charge in [0.15, 0.2) is 0 Å². The molecular formula is C20H16FN3O3. The number of amides is 1. The number of nitrogens with zero attached hydrogens (tertiary/aromatic N) is 1. The molecule has 27 heavy (non-hydrogen) atoms. The molecule has 1 aromatic heterocycles.